The van der Waals surface area contributed by atoms with Gasteiger partial charge < -0.3 is 14.2 Å². The second kappa shape index (κ2) is 8.39. The number of hydrogen-bond acceptors (Lipinski definition) is 5. The van der Waals surface area contributed by atoms with Crippen molar-refractivity contribution in [3.8, 4) is 11.5 Å². The van der Waals surface area contributed by atoms with E-state index in [0.717, 1.165) is 44.2 Å². The lowest BCUT2D eigenvalue weighted by molar-refractivity contribution is -0.0865. The van der Waals surface area contributed by atoms with Crippen LogP contribution in [0.5, 0.6) is 11.5 Å². The number of rotatable bonds is 5. The predicted molar refractivity (Wildman–Crippen MR) is 99.4 cm³/mol. The Morgan fingerprint density at radius 3 is 2.24 bits per heavy atom. The zero-order chi connectivity index (χ0) is 17.8. The number of methoxy groups -OCH3 is 2. The van der Waals surface area contributed by atoms with Crippen LogP contribution in [0.2, 0.25) is 0 Å². The van der Waals surface area contributed by atoms with Crippen molar-refractivity contribution in [3.05, 3.63) is 23.8 Å². The number of likely N-dealkylation sites (tertiary alicyclic amines) is 1. The second-order valence-corrected chi connectivity index (χ2v) is 7.41. The van der Waals surface area contributed by atoms with Gasteiger partial charge in [-0.25, -0.2) is 0 Å². The zero-order valence-electron chi connectivity index (χ0n) is 16.0. The molecule has 3 rings (SSSR count). The standard InChI is InChI=1S/C20H32N2O3/c1-15-12-22(13-16(2)25-15)18-7-9-21(10-8-18)14-17-5-6-19(23-3)20(11-17)24-4/h5-6,11,15-16,18H,7-10,12-14H2,1-4H3. The van der Waals surface area contributed by atoms with Crippen LogP contribution in [0.15, 0.2) is 18.2 Å². The maximum atomic E-state index is 5.87. The van der Waals surface area contributed by atoms with Crippen LogP contribution in [0.1, 0.15) is 32.3 Å². The third-order valence-electron chi connectivity index (χ3n) is 5.38. The highest BCUT2D eigenvalue weighted by Crippen LogP contribution is 2.29. The number of morpholine rings is 1. The first-order chi connectivity index (χ1) is 12.1. The van der Waals surface area contributed by atoms with E-state index in [9.17, 15) is 0 Å². The van der Waals surface area contributed by atoms with Gasteiger partial charge >= 0.3 is 0 Å². The van der Waals surface area contributed by atoms with E-state index in [1.54, 1.807) is 14.2 Å². The predicted octanol–water partition coefficient (Wildman–Crippen LogP) is 2.78. The Kier molecular flexibility index (Phi) is 6.20. The minimum absolute atomic E-state index is 0.355. The Morgan fingerprint density at radius 2 is 1.64 bits per heavy atom. The Hall–Kier alpha value is -1.30. The Bertz CT molecular complexity index is 548. The van der Waals surface area contributed by atoms with Crippen molar-refractivity contribution >= 4 is 0 Å². The van der Waals surface area contributed by atoms with E-state index >= 15 is 0 Å². The average Bonchev–Trinajstić information content (AvgIpc) is 2.61. The van der Waals surface area contributed by atoms with Crippen molar-refractivity contribution in [3.63, 3.8) is 0 Å². The molecule has 25 heavy (non-hydrogen) atoms. The van der Waals surface area contributed by atoms with E-state index in [0.29, 0.717) is 18.2 Å². The molecule has 1 aromatic carbocycles. The molecular weight excluding hydrogens is 316 g/mol. The van der Waals surface area contributed by atoms with Crippen LogP contribution in [0.3, 0.4) is 0 Å². The van der Waals surface area contributed by atoms with Gasteiger partial charge in [-0.2, -0.15) is 0 Å². The quantitative estimate of drug-likeness (QED) is 0.817. The minimum atomic E-state index is 0.355. The van der Waals surface area contributed by atoms with Crippen LogP contribution >= 0.6 is 0 Å². The molecule has 5 heteroatoms. The van der Waals surface area contributed by atoms with Crippen molar-refractivity contribution < 1.29 is 14.2 Å². The molecule has 5 nitrogen and oxygen atoms in total. The summed E-state index contributed by atoms with van der Waals surface area (Å²) in [6.45, 7) is 9.81. The molecule has 2 atom stereocenters. The van der Waals surface area contributed by atoms with Gasteiger partial charge in [-0.3, -0.25) is 9.80 Å². The summed E-state index contributed by atoms with van der Waals surface area (Å²) in [5, 5.41) is 0. The van der Waals surface area contributed by atoms with Crippen molar-refractivity contribution in [2.45, 2.75) is 51.5 Å². The van der Waals surface area contributed by atoms with Crippen molar-refractivity contribution in [1.82, 2.24) is 9.80 Å². The van der Waals surface area contributed by atoms with Crippen LogP contribution in [0.25, 0.3) is 0 Å². The lowest BCUT2D eigenvalue weighted by Crippen LogP contribution is -2.53. The zero-order valence-corrected chi connectivity index (χ0v) is 16.0. The number of benzene rings is 1. The minimum Gasteiger partial charge on any atom is -0.493 e. The summed E-state index contributed by atoms with van der Waals surface area (Å²) in [4.78, 5) is 5.19. The van der Waals surface area contributed by atoms with Gasteiger partial charge in [-0.1, -0.05) is 6.07 Å². The fraction of sp³-hybridized carbons (Fsp3) is 0.700. The van der Waals surface area contributed by atoms with E-state index in [4.69, 9.17) is 14.2 Å². The van der Waals surface area contributed by atoms with E-state index in [1.807, 2.05) is 6.07 Å². The van der Waals surface area contributed by atoms with Gasteiger partial charge in [0.25, 0.3) is 0 Å². The van der Waals surface area contributed by atoms with Crippen molar-refractivity contribution in [2.75, 3.05) is 40.4 Å². The molecule has 1 aromatic rings. The molecule has 2 unspecified atom stereocenters. The summed E-state index contributed by atoms with van der Waals surface area (Å²) in [7, 11) is 3.37. The molecule has 2 aliphatic heterocycles. The SMILES string of the molecule is COc1ccc(CN2CCC(N3CC(C)OC(C)C3)CC2)cc1OC. The lowest BCUT2D eigenvalue weighted by Gasteiger charge is -2.43. The summed E-state index contributed by atoms with van der Waals surface area (Å²) in [5.41, 5.74) is 1.28. The summed E-state index contributed by atoms with van der Waals surface area (Å²) in [5.74, 6) is 1.60. The molecule has 2 heterocycles. The summed E-state index contributed by atoms with van der Waals surface area (Å²) in [6.07, 6.45) is 3.20. The average molecular weight is 348 g/mol. The highest BCUT2D eigenvalue weighted by Gasteiger charge is 2.30. The molecule has 0 radical (unpaired) electrons. The van der Waals surface area contributed by atoms with E-state index in [1.165, 1.54) is 18.4 Å². The first kappa shape index (κ1) is 18.5. The third kappa shape index (κ3) is 4.66. The van der Waals surface area contributed by atoms with Gasteiger partial charge in [0, 0.05) is 25.7 Å². The molecule has 0 spiro atoms. The van der Waals surface area contributed by atoms with Crippen molar-refractivity contribution in [1.29, 1.82) is 0 Å². The van der Waals surface area contributed by atoms with Crippen LogP contribution in [-0.4, -0.2) is 68.4 Å². The van der Waals surface area contributed by atoms with E-state index in [2.05, 4.69) is 35.8 Å². The van der Waals surface area contributed by atoms with Crippen LogP contribution in [-0.2, 0) is 11.3 Å². The summed E-state index contributed by atoms with van der Waals surface area (Å²) in [6, 6.07) is 6.93. The van der Waals surface area contributed by atoms with Gasteiger partial charge in [-0.15, -0.1) is 0 Å². The normalized spacial score (nSPS) is 26.6. The van der Waals surface area contributed by atoms with Gasteiger partial charge in [0.15, 0.2) is 11.5 Å². The van der Waals surface area contributed by atoms with Crippen molar-refractivity contribution in [2.24, 2.45) is 0 Å². The maximum Gasteiger partial charge on any atom is 0.161 e. The Labute approximate surface area is 151 Å². The van der Waals surface area contributed by atoms with E-state index < -0.39 is 0 Å². The monoisotopic (exact) mass is 348 g/mol. The first-order valence-corrected chi connectivity index (χ1v) is 9.41. The maximum absolute atomic E-state index is 5.87. The molecule has 0 bridgehead atoms. The molecule has 0 aliphatic carbocycles. The van der Waals surface area contributed by atoms with E-state index in [-0.39, 0.29) is 0 Å². The smallest absolute Gasteiger partial charge is 0.161 e. The number of piperidine rings is 1. The highest BCUT2D eigenvalue weighted by molar-refractivity contribution is 5.42. The molecule has 2 saturated heterocycles. The lowest BCUT2D eigenvalue weighted by atomic mass is 10.0. The molecule has 2 fully saturated rings. The molecule has 140 valence electrons. The molecule has 0 N–H and O–H groups in total. The second-order valence-electron chi connectivity index (χ2n) is 7.41. The topological polar surface area (TPSA) is 34.2 Å². The third-order valence-corrected chi connectivity index (χ3v) is 5.38. The summed E-state index contributed by atoms with van der Waals surface area (Å²) < 4.78 is 16.6. The van der Waals surface area contributed by atoms with Gasteiger partial charge in [0.2, 0.25) is 0 Å². The molecule has 2 aliphatic rings. The van der Waals surface area contributed by atoms with Gasteiger partial charge in [0.1, 0.15) is 0 Å². The number of ether oxygens (including phenoxy) is 3. The van der Waals surface area contributed by atoms with Crippen LogP contribution < -0.4 is 9.47 Å². The van der Waals surface area contributed by atoms with Crippen LogP contribution in [0.4, 0.5) is 0 Å². The molecule has 0 amide bonds. The fourth-order valence-corrected chi connectivity index (χ4v) is 4.20. The Balaban J connectivity index is 1.52. The number of hydrogen-bond donors (Lipinski definition) is 0. The van der Waals surface area contributed by atoms with Crippen LogP contribution in [0, 0.1) is 0 Å². The molecule has 0 saturated carbocycles. The fourth-order valence-electron chi connectivity index (χ4n) is 4.20. The van der Waals surface area contributed by atoms with Gasteiger partial charge in [-0.05, 0) is 57.5 Å². The number of nitrogens with zero attached hydrogens (tertiary/aromatic N) is 2. The van der Waals surface area contributed by atoms with Gasteiger partial charge in [0.05, 0.1) is 26.4 Å². The highest BCUT2D eigenvalue weighted by atomic mass is 16.5. The Morgan fingerprint density at radius 1 is 1.00 bits per heavy atom. The first-order valence-electron chi connectivity index (χ1n) is 9.41. The molecule has 0 aromatic heterocycles. The summed E-state index contributed by atoms with van der Waals surface area (Å²) >= 11 is 0. The largest absolute Gasteiger partial charge is 0.493 e. The molecular formula is C20H32N2O3.